The highest BCUT2D eigenvalue weighted by Gasteiger charge is 2.25. The summed E-state index contributed by atoms with van der Waals surface area (Å²) in [5.41, 5.74) is 2.60. The Hall–Kier alpha value is -2.90. The van der Waals surface area contributed by atoms with Crippen LogP contribution in [0.1, 0.15) is 16.4 Å². The first-order valence-corrected chi connectivity index (χ1v) is 10.8. The molecule has 2 aromatic heterocycles. The number of thioether (sulfide) groups is 1. The van der Waals surface area contributed by atoms with Gasteiger partial charge < -0.3 is 5.32 Å². The van der Waals surface area contributed by atoms with Crippen molar-refractivity contribution in [1.82, 2.24) is 9.55 Å². The Labute approximate surface area is 176 Å². The molecule has 0 spiro atoms. The summed E-state index contributed by atoms with van der Waals surface area (Å²) in [7, 11) is 1.69. The van der Waals surface area contributed by atoms with Gasteiger partial charge in [0.2, 0.25) is 5.91 Å². The van der Waals surface area contributed by atoms with Gasteiger partial charge in [-0.1, -0.05) is 59.8 Å². The van der Waals surface area contributed by atoms with Crippen molar-refractivity contribution in [2.75, 3.05) is 5.32 Å². The molecular formula is C22H19N3O2S2. The fraction of sp³-hybridized carbons (Fsp3) is 0.136. The smallest absolute Gasteiger partial charge is 0.262 e. The van der Waals surface area contributed by atoms with Gasteiger partial charge in [-0.15, -0.1) is 11.3 Å². The van der Waals surface area contributed by atoms with Gasteiger partial charge >= 0.3 is 0 Å². The number of rotatable bonds is 5. The Morgan fingerprint density at radius 1 is 1.10 bits per heavy atom. The van der Waals surface area contributed by atoms with E-state index in [1.807, 2.05) is 66.9 Å². The standard InChI is InChI=1S/C22H19N3O2S2/c1-14-8-10-16(11-9-14)23-19(26)18(15-6-4-3-5-7-15)29-22-24-20-17(12-13-28-20)21(27)25(22)2/h3-13,18H,1-2H3,(H,23,26). The second-order valence-electron chi connectivity index (χ2n) is 6.66. The highest BCUT2D eigenvalue weighted by Crippen LogP contribution is 2.35. The fourth-order valence-electron chi connectivity index (χ4n) is 2.94. The van der Waals surface area contributed by atoms with Gasteiger partial charge in [0.15, 0.2) is 5.16 Å². The van der Waals surface area contributed by atoms with E-state index in [-0.39, 0.29) is 11.5 Å². The largest absolute Gasteiger partial charge is 0.325 e. The molecule has 2 aromatic carbocycles. The SMILES string of the molecule is Cc1ccc(NC(=O)C(Sc2nc3sccc3c(=O)n2C)c2ccccc2)cc1. The molecule has 1 amide bonds. The minimum absolute atomic E-state index is 0.107. The Bertz CT molecular complexity index is 1210. The van der Waals surface area contributed by atoms with Crippen LogP contribution in [0.4, 0.5) is 5.69 Å². The van der Waals surface area contributed by atoms with E-state index in [1.165, 1.54) is 27.7 Å². The molecule has 0 aliphatic carbocycles. The minimum atomic E-state index is -0.548. The first-order valence-electron chi connectivity index (χ1n) is 9.06. The number of aromatic nitrogens is 2. The molecule has 29 heavy (non-hydrogen) atoms. The first kappa shape index (κ1) is 19.4. The van der Waals surface area contributed by atoms with Crippen LogP contribution in [0.2, 0.25) is 0 Å². The zero-order chi connectivity index (χ0) is 20.4. The summed E-state index contributed by atoms with van der Waals surface area (Å²) in [5, 5.41) is 5.40. The predicted octanol–water partition coefficient (Wildman–Crippen LogP) is 4.78. The normalized spacial score (nSPS) is 12.1. The maximum absolute atomic E-state index is 13.2. The van der Waals surface area contributed by atoms with Gasteiger partial charge in [0.25, 0.3) is 5.56 Å². The number of carbonyl (C=O) groups is 1. The minimum Gasteiger partial charge on any atom is -0.325 e. The fourth-order valence-corrected chi connectivity index (χ4v) is 4.80. The number of fused-ring (bicyclic) bond motifs is 1. The van der Waals surface area contributed by atoms with Crippen molar-refractivity contribution in [3.8, 4) is 0 Å². The van der Waals surface area contributed by atoms with Crippen LogP contribution in [0.25, 0.3) is 10.2 Å². The lowest BCUT2D eigenvalue weighted by Crippen LogP contribution is -2.23. The average molecular weight is 422 g/mol. The Morgan fingerprint density at radius 2 is 1.83 bits per heavy atom. The van der Waals surface area contributed by atoms with Gasteiger partial charge in [0, 0.05) is 12.7 Å². The summed E-state index contributed by atoms with van der Waals surface area (Å²) in [6.07, 6.45) is 0. The van der Waals surface area contributed by atoms with Crippen molar-refractivity contribution in [2.24, 2.45) is 7.05 Å². The summed E-state index contributed by atoms with van der Waals surface area (Å²) in [4.78, 5) is 31.1. The monoisotopic (exact) mass is 421 g/mol. The van der Waals surface area contributed by atoms with Gasteiger partial charge in [0.1, 0.15) is 10.1 Å². The molecule has 7 heteroatoms. The molecule has 0 saturated carbocycles. The van der Waals surface area contributed by atoms with E-state index in [1.54, 1.807) is 13.1 Å². The van der Waals surface area contributed by atoms with Crippen molar-refractivity contribution in [3.05, 3.63) is 87.5 Å². The summed E-state index contributed by atoms with van der Waals surface area (Å²) >= 11 is 2.70. The average Bonchev–Trinajstić information content (AvgIpc) is 3.20. The highest BCUT2D eigenvalue weighted by molar-refractivity contribution is 8.00. The van der Waals surface area contributed by atoms with Crippen LogP contribution in [0.5, 0.6) is 0 Å². The van der Waals surface area contributed by atoms with Gasteiger partial charge in [-0.2, -0.15) is 0 Å². The second kappa shape index (κ2) is 8.23. The third-order valence-corrected chi connectivity index (χ3v) is 6.65. The number of hydrogen-bond acceptors (Lipinski definition) is 5. The van der Waals surface area contributed by atoms with Gasteiger partial charge in [-0.3, -0.25) is 14.2 Å². The summed E-state index contributed by atoms with van der Waals surface area (Å²) in [6, 6.07) is 19.0. The molecule has 0 saturated heterocycles. The van der Waals surface area contributed by atoms with Crippen LogP contribution in [0.15, 0.2) is 76.0 Å². The van der Waals surface area contributed by atoms with E-state index in [0.717, 1.165) is 16.8 Å². The molecule has 1 unspecified atom stereocenters. The molecule has 1 N–H and O–H groups in total. The van der Waals surface area contributed by atoms with E-state index < -0.39 is 5.25 Å². The Kier molecular flexibility index (Phi) is 5.51. The van der Waals surface area contributed by atoms with Gasteiger partial charge in [-0.25, -0.2) is 4.98 Å². The van der Waals surface area contributed by atoms with Crippen LogP contribution in [-0.2, 0) is 11.8 Å². The van der Waals surface area contributed by atoms with Gasteiger partial charge in [0.05, 0.1) is 5.39 Å². The lowest BCUT2D eigenvalue weighted by Gasteiger charge is -2.18. The third kappa shape index (κ3) is 4.11. The molecule has 4 rings (SSSR count). The first-order chi connectivity index (χ1) is 14.0. The number of carbonyl (C=O) groups excluding carboxylic acids is 1. The van der Waals surface area contributed by atoms with E-state index >= 15 is 0 Å². The van der Waals surface area contributed by atoms with E-state index in [0.29, 0.717) is 15.4 Å². The Morgan fingerprint density at radius 3 is 2.55 bits per heavy atom. The van der Waals surface area contributed by atoms with Crippen molar-refractivity contribution >= 4 is 44.9 Å². The zero-order valence-corrected chi connectivity index (χ0v) is 17.6. The van der Waals surface area contributed by atoms with Gasteiger partial charge in [-0.05, 0) is 36.1 Å². The van der Waals surface area contributed by atoms with Crippen molar-refractivity contribution in [1.29, 1.82) is 0 Å². The van der Waals surface area contributed by atoms with Crippen LogP contribution < -0.4 is 10.9 Å². The number of amides is 1. The highest BCUT2D eigenvalue weighted by atomic mass is 32.2. The molecule has 0 bridgehead atoms. The van der Waals surface area contributed by atoms with E-state index in [2.05, 4.69) is 10.3 Å². The molecule has 0 fully saturated rings. The summed E-state index contributed by atoms with van der Waals surface area (Å²) in [6.45, 7) is 2.00. The molecule has 0 radical (unpaired) electrons. The number of nitrogens with zero attached hydrogens (tertiary/aromatic N) is 2. The van der Waals surface area contributed by atoms with Crippen molar-refractivity contribution in [2.45, 2.75) is 17.3 Å². The molecule has 0 aliphatic rings. The summed E-state index contributed by atoms with van der Waals surface area (Å²) in [5.74, 6) is -0.162. The quantitative estimate of drug-likeness (QED) is 0.372. The maximum Gasteiger partial charge on any atom is 0.262 e. The van der Waals surface area contributed by atoms with E-state index in [9.17, 15) is 9.59 Å². The van der Waals surface area contributed by atoms with Crippen molar-refractivity contribution < 1.29 is 4.79 Å². The number of nitrogens with one attached hydrogen (secondary N) is 1. The van der Waals surface area contributed by atoms with Crippen LogP contribution in [0, 0.1) is 6.92 Å². The number of thiophene rings is 1. The molecular weight excluding hydrogens is 402 g/mol. The molecule has 0 aliphatic heterocycles. The van der Waals surface area contributed by atoms with E-state index in [4.69, 9.17) is 0 Å². The topological polar surface area (TPSA) is 64.0 Å². The second-order valence-corrected chi connectivity index (χ2v) is 8.63. The van der Waals surface area contributed by atoms with Crippen LogP contribution >= 0.6 is 23.1 Å². The molecule has 4 aromatic rings. The van der Waals surface area contributed by atoms with Crippen molar-refractivity contribution in [3.63, 3.8) is 0 Å². The zero-order valence-electron chi connectivity index (χ0n) is 16.0. The number of aryl methyl sites for hydroxylation is 1. The van der Waals surface area contributed by atoms with Crippen LogP contribution in [-0.4, -0.2) is 15.5 Å². The number of hydrogen-bond donors (Lipinski definition) is 1. The number of benzene rings is 2. The molecule has 146 valence electrons. The number of anilines is 1. The molecule has 1 atom stereocenters. The molecule has 2 heterocycles. The lowest BCUT2D eigenvalue weighted by atomic mass is 10.1. The summed E-state index contributed by atoms with van der Waals surface area (Å²) < 4.78 is 1.51. The lowest BCUT2D eigenvalue weighted by molar-refractivity contribution is -0.115. The maximum atomic E-state index is 13.2. The molecule has 5 nitrogen and oxygen atoms in total. The predicted molar refractivity (Wildman–Crippen MR) is 120 cm³/mol. The Balaban J connectivity index is 1.70. The van der Waals surface area contributed by atoms with Crippen LogP contribution in [0.3, 0.4) is 0 Å². The third-order valence-electron chi connectivity index (χ3n) is 4.55.